The summed E-state index contributed by atoms with van der Waals surface area (Å²) in [6.45, 7) is 5.58. The lowest BCUT2D eigenvalue weighted by Crippen LogP contribution is -2.35. The molecule has 0 aliphatic carbocycles. The fraction of sp³-hybridized carbons (Fsp3) is 0.238. The molecule has 0 unspecified atom stereocenters. The molecule has 0 bridgehead atoms. The highest BCUT2D eigenvalue weighted by Gasteiger charge is 2.23. The third-order valence-corrected chi connectivity index (χ3v) is 4.88. The van der Waals surface area contributed by atoms with Gasteiger partial charge in [-0.1, -0.05) is 41.9 Å². The summed E-state index contributed by atoms with van der Waals surface area (Å²) >= 11 is 6.15. The predicted molar refractivity (Wildman–Crippen MR) is 107 cm³/mol. The second-order valence-corrected chi connectivity index (χ2v) is 7.06. The zero-order valence-corrected chi connectivity index (χ0v) is 16.5. The van der Waals surface area contributed by atoms with E-state index in [1.165, 1.54) is 4.90 Å². The number of anilines is 1. The maximum Gasteiger partial charge on any atom is 0.290 e. The summed E-state index contributed by atoms with van der Waals surface area (Å²) < 4.78 is 5.70. The number of carbonyl (C=O) groups excluding carboxylic acids is 2. The molecule has 140 valence electrons. The number of para-hydroxylation sites is 2. The second kappa shape index (κ2) is 7.45. The summed E-state index contributed by atoms with van der Waals surface area (Å²) in [7, 11) is 1.57. The van der Waals surface area contributed by atoms with E-state index in [1.807, 2.05) is 44.2 Å². The first kappa shape index (κ1) is 19.0. The van der Waals surface area contributed by atoms with Gasteiger partial charge in [-0.25, -0.2) is 0 Å². The average molecular weight is 385 g/mol. The van der Waals surface area contributed by atoms with E-state index in [2.05, 4.69) is 5.32 Å². The van der Waals surface area contributed by atoms with Gasteiger partial charge in [0.2, 0.25) is 5.91 Å². The monoisotopic (exact) mass is 384 g/mol. The molecule has 1 heterocycles. The van der Waals surface area contributed by atoms with Crippen LogP contribution in [0.3, 0.4) is 0 Å². The van der Waals surface area contributed by atoms with Gasteiger partial charge in [-0.15, -0.1) is 0 Å². The third-order valence-electron chi connectivity index (χ3n) is 4.58. The number of hydrogen-bond acceptors (Lipinski definition) is 3. The molecule has 6 heteroatoms. The Kier molecular flexibility index (Phi) is 5.24. The van der Waals surface area contributed by atoms with Crippen molar-refractivity contribution in [2.45, 2.75) is 20.8 Å². The van der Waals surface area contributed by atoms with Gasteiger partial charge in [0, 0.05) is 23.7 Å². The van der Waals surface area contributed by atoms with Crippen molar-refractivity contribution in [1.29, 1.82) is 0 Å². The van der Waals surface area contributed by atoms with Crippen molar-refractivity contribution >= 4 is 40.1 Å². The summed E-state index contributed by atoms with van der Waals surface area (Å²) in [6.07, 6.45) is 0. The predicted octanol–water partition coefficient (Wildman–Crippen LogP) is 4.72. The third kappa shape index (κ3) is 3.69. The van der Waals surface area contributed by atoms with Crippen molar-refractivity contribution in [2.24, 2.45) is 0 Å². The number of aryl methyl sites for hydroxylation is 3. The van der Waals surface area contributed by atoms with Crippen molar-refractivity contribution in [1.82, 2.24) is 4.90 Å². The lowest BCUT2D eigenvalue weighted by Gasteiger charge is -2.17. The van der Waals surface area contributed by atoms with E-state index < -0.39 is 0 Å². The van der Waals surface area contributed by atoms with Gasteiger partial charge >= 0.3 is 0 Å². The maximum absolute atomic E-state index is 12.8. The number of amides is 2. The molecular formula is C21H21ClN2O3. The van der Waals surface area contributed by atoms with Crippen molar-refractivity contribution in [3.05, 3.63) is 63.9 Å². The Morgan fingerprint density at radius 1 is 1.07 bits per heavy atom. The molecule has 2 amide bonds. The summed E-state index contributed by atoms with van der Waals surface area (Å²) in [5.41, 5.74) is 3.91. The van der Waals surface area contributed by atoms with Gasteiger partial charge < -0.3 is 14.6 Å². The molecule has 5 nitrogen and oxygen atoms in total. The number of nitrogens with zero attached hydrogens (tertiary/aromatic N) is 1. The first-order valence-corrected chi connectivity index (χ1v) is 8.96. The molecule has 1 aromatic heterocycles. The van der Waals surface area contributed by atoms with Crippen LogP contribution in [0.25, 0.3) is 11.0 Å². The Morgan fingerprint density at radius 2 is 1.70 bits per heavy atom. The van der Waals surface area contributed by atoms with Crippen LogP contribution in [0.5, 0.6) is 0 Å². The number of fused-ring (bicyclic) bond motifs is 1. The molecule has 3 aromatic rings. The largest absolute Gasteiger partial charge is 0.449 e. The minimum atomic E-state index is -0.364. The lowest BCUT2D eigenvalue weighted by atomic mass is 10.1. The standard InChI is InChI=1S/C21H21ClN2O3/c1-12-7-5-8-13(2)18(12)23-17(25)11-24(4)21(26)19-14(3)15-9-6-10-16(22)20(15)27-19/h5-10H,11H2,1-4H3,(H,23,25). The van der Waals surface area contributed by atoms with Crippen LogP contribution in [-0.2, 0) is 4.79 Å². The topological polar surface area (TPSA) is 62.6 Å². The molecular weight excluding hydrogens is 364 g/mol. The Labute approximate surface area is 162 Å². The van der Waals surface area contributed by atoms with E-state index >= 15 is 0 Å². The number of carbonyl (C=O) groups is 2. The van der Waals surface area contributed by atoms with Gasteiger partial charge in [-0.3, -0.25) is 9.59 Å². The average Bonchev–Trinajstić information content (AvgIpc) is 2.96. The van der Waals surface area contributed by atoms with Gasteiger partial charge in [-0.2, -0.15) is 0 Å². The van der Waals surface area contributed by atoms with Crippen molar-refractivity contribution < 1.29 is 14.0 Å². The van der Waals surface area contributed by atoms with Gasteiger partial charge in [0.15, 0.2) is 11.3 Å². The van der Waals surface area contributed by atoms with Gasteiger partial charge in [0.25, 0.3) is 5.91 Å². The maximum atomic E-state index is 12.8. The van der Waals surface area contributed by atoms with E-state index in [4.69, 9.17) is 16.0 Å². The number of halogens is 1. The molecule has 0 spiro atoms. The quantitative estimate of drug-likeness (QED) is 0.707. The summed E-state index contributed by atoms with van der Waals surface area (Å²) in [6, 6.07) is 11.2. The van der Waals surface area contributed by atoms with Gasteiger partial charge in [0.05, 0.1) is 11.6 Å². The number of benzene rings is 2. The zero-order chi connectivity index (χ0) is 19.7. The normalized spacial score (nSPS) is 10.9. The van der Waals surface area contributed by atoms with Crippen LogP contribution in [0.2, 0.25) is 5.02 Å². The molecule has 2 aromatic carbocycles. The highest BCUT2D eigenvalue weighted by Crippen LogP contribution is 2.31. The molecule has 27 heavy (non-hydrogen) atoms. The zero-order valence-electron chi connectivity index (χ0n) is 15.7. The Morgan fingerprint density at radius 3 is 2.33 bits per heavy atom. The molecule has 0 aliphatic rings. The van der Waals surface area contributed by atoms with Crippen LogP contribution >= 0.6 is 11.6 Å². The smallest absolute Gasteiger partial charge is 0.290 e. The molecule has 1 N–H and O–H groups in total. The molecule has 0 saturated carbocycles. The molecule has 3 rings (SSSR count). The summed E-state index contributed by atoms with van der Waals surface area (Å²) in [5, 5.41) is 4.12. The Hall–Kier alpha value is -2.79. The molecule has 0 fully saturated rings. The number of nitrogens with one attached hydrogen (secondary N) is 1. The number of hydrogen-bond donors (Lipinski definition) is 1. The van der Waals surface area contributed by atoms with E-state index in [1.54, 1.807) is 20.0 Å². The van der Waals surface area contributed by atoms with Crippen LogP contribution in [0.1, 0.15) is 27.2 Å². The SMILES string of the molecule is Cc1cccc(C)c1NC(=O)CN(C)C(=O)c1oc2c(Cl)cccc2c1C. The van der Waals surface area contributed by atoms with Gasteiger partial charge in [-0.05, 0) is 38.0 Å². The van der Waals surface area contributed by atoms with Crippen LogP contribution < -0.4 is 5.32 Å². The van der Waals surface area contributed by atoms with E-state index in [0.717, 1.165) is 22.2 Å². The van der Waals surface area contributed by atoms with Crippen LogP contribution in [0, 0.1) is 20.8 Å². The number of rotatable bonds is 4. The van der Waals surface area contributed by atoms with Crippen molar-refractivity contribution in [3.8, 4) is 0 Å². The highest BCUT2D eigenvalue weighted by molar-refractivity contribution is 6.35. The van der Waals surface area contributed by atoms with Crippen molar-refractivity contribution in [3.63, 3.8) is 0 Å². The highest BCUT2D eigenvalue weighted by atomic mass is 35.5. The van der Waals surface area contributed by atoms with Crippen LogP contribution in [0.4, 0.5) is 5.69 Å². The summed E-state index contributed by atoms with van der Waals surface area (Å²) in [4.78, 5) is 26.5. The van der Waals surface area contributed by atoms with Gasteiger partial charge in [0.1, 0.15) is 0 Å². The number of likely N-dealkylation sites (N-methyl/N-ethyl adjacent to an activating group) is 1. The van der Waals surface area contributed by atoms with E-state index in [9.17, 15) is 9.59 Å². The second-order valence-electron chi connectivity index (χ2n) is 6.65. The Balaban J connectivity index is 1.77. The molecule has 0 aliphatic heterocycles. The lowest BCUT2D eigenvalue weighted by molar-refractivity contribution is -0.116. The van der Waals surface area contributed by atoms with E-state index in [0.29, 0.717) is 16.2 Å². The molecule has 0 saturated heterocycles. The minimum Gasteiger partial charge on any atom is -0.449 e. The fourth-order valence-corrected chi connectivity index (χ4v) is 3.28. The van der Waals surface area contributed by atoms with E-state index in [-0.39, 0.29) is 24.1 Å². The minimum absolute atomic E-state index is 0.0865. The molecule has 0 radical (unpaired) electrons. The first-order chi connectivity index (χ1) is 12.8. The summed E-state index contributed by atoms with van der Waals surface area (Å²) in [5.74, 6) is -0.438. The number of furan rings is 1. The Bertz CT molecular complexity index is 1020. The van der Waals surface area contributed by atoms with Crippen LogP contribution in [-0.4, -0.2) is 30.3 Å². The molecule has 0 atom stereocenters. The van der Waals surface area contributed by atoms with Crippen LogP contribution in [0.15, 0.2) is 40.8 Å². The fourth-order valence-electron chi connectivity index (χ4n) is 3.06. The van der Waals surface area contributed by atoms with Crippen molar-refractivity contribution in [2.75, 3.05) is 18.9 Å². The first-order valence-electron chi connectivity index (χ1n) is 8.58.